The first-order valence-corrected chi connectivity index (χ1v) is 6.43. The summed E-state index contributed by atoms with van der Waals surface area (Å²) in [7, 11) is 0. The van der Waals surface area contributed by atoms with Crippen LogP contribution in [0.4, 0.5) is 11.4 Å². The second kappa shape index (κ2) is 4.89. The number of aromatic nitrogens is 1. The number of hydrogen-bond acceptors (Lipinski definition) is 5. The van der Waals surface area contributed by atoms with E-state index in [4.69, 9.17) is 10.8 Å². The molecule has 0 aliphatic heterocycles. The van der Waals surface area contributed by atoms with Crippen LogP contribution in [0.15, 0.2) is 12.1 Å². The normalized spacial score (nSPS) is 12.9. The van der Waals surface area contributed by atoms with Crippen LogP contribution in [0.3, 0.4) is 0 Å². The van der Waals surface area contributed by atoms with E-state index in [-0.39, 0.29) is 12.5 Å². The topological polar surface area (TPSA) is 71.2 Å². The van der Waals surface area contributed by atoms with Gasteiger partial charge in [-0.25, -0.2) is 4.98 Å². The van der Waals surface area contributed by atoms with Crippen LogP contribution in [-0.2, 0) is 0 Å². The number of nitrogen functional groups attached to an aromatic ring is 1. The third-order valence-corrected chi connectivity index (χ3v) is 3.55. The van der Waals surface area contributed by atoms with Gasteiger partial charge in [-0.05, 0) is 25.0 Å². The maximum Gasteiger partial charge on any atom is 0.0907 e. The van der Waals surface area contributed by atoms with Gasteiger partial charge in [-0.2, -0.15) is 0 Å². The summed E-state index contributed by atoms with van der Waals surface area (Å²) in [5.41, 5.74) is 8.57. The van der Waals surface area contributed by atoms with E-state index < -0.39 is 0 Å². The number of aliphatic hydroxyl groups excluding tert-OH is 1. The van der Waals surface area contributed by atoms with Crippen molar-refractivity contribution < 1.29 is 5.11 Å². The first-order valence-electron chi connectivity index (χ1n) is 5.61. The molecule has 0 saturated carbocycles. The van der Waals surface area contributed by atoms with E-state index in [0.717, 1.165) is 26.6 Å². The Balaban J connectivity index is 2.24. The number of anilines is 2. The molecule has 0 aliphatic rings. The summed E-state index contributed by atoms with van der Waals surface area (Å²) in [5, 5.41) is 13.3. The van der Waals surface area contributed by atoms with Crippen molar-refractivity contribution in [1.29, 1.82) is 0 Å². The molecule has 4 N–H and O–H groups in total. The summed E-state index contributed by atoms with van der Waals surface area (Å²) < 4.78 is 1.11. The number of aliphatic hydroxyl groups is 1. The zero-order valence-electron chi connectivity index (χ0n) is 10.0. The van der Waals surface area contributed by atoms with Gasteiger partial charge in [-0.1, -0.05) is 6.92 Å². The lowest BCUT2D eigenvalue weighted by molar-refractivity contribution is 0.244. The van der Waals surface area contributed by atoms with Gasteiger partial charge < -0.3 is 16.2 Å². The standard InChI is InChI=1S/C12H17N3OS/c1-7(6-16)5-14-10-4-11-12(3-9(10)13)17-8(2)15-11/h3-4,7,14,16H,5-6,13H2,1-2H3. The highest BCUT2D eigenvalue weighted by Gasteiger charge is 2.07. The summed E-state index contributed by atoms with van der Waals surface area (Å²) >= 11 is 1.65. The molecule has 0 fully saturated rings. The van der Waals surface area contributed by atoms with Crippen molar-refractivity contribution >= 4 is 32.9 Å². The molecular formula is C12H17N3OS. The van der Waals surface area contributed by atoms with Crippen LogP contribution >= 0.6 is 11.3 Å². The van der Waals surface area contributed by atoms with E-state index >= 15 is 0 Å². The van der Waals surface area contributed by atoms with Crippen LogP contribution in [0, 0.1) is 12.8 Å². The van der Waals surface area contributed by atoms with Crippen molar-refractivity contribution in [2.24, 2.45) is 5.92 Å². The second-order valence-electron chi connectivity index (χ2n) is 4.31. The average Bonchev–Trinajstić information content (AvgIpc) is 2.64. The van der Waals surface area contributed by atoms with Crippen molar-refractivity contribution in [3.8, 4) is 0 Å². The predicted molar refractivity (Wildman–Crippen MR) is 73.5 cm³/mol. The van der Waals surface area contributed by atoms with Gasteiger partial charge in [0.25, 0.3) is 0 Å². The molecule has 1 aromatic carbocycles. The lowest BCUT2D eigenvalue weighted by Gasteiger charge is -2.12. The molecule has 4 nitrogen and oxygen atoms in total. The molecule has 0 amide bonds. The summed E-state index contributed by atoms with van der Waals surface area (Å²) in [6.07, 6.45) is 0. The number of hydrogen-bond donors (Lipinski definition) is 3. The maximum absolute atomic E-state index is 8.98. The molecule has 0 aliphatic carbocycles. The Morgan fingerprint density at radius 2 is 2.29 bits per heavy atom. The Kier molecular flexibility index (Phi) is 3.49. The predicted octanol–water partition coefficient (Wildman–Crippen LogP) is 2.23. The van der Waals surface area contributed by atoms with Gasteiger partial charge in [0.2, 0.25) is 0 Å². The number of nitrogens with zero attached hydrogens (tertiary/aromatic N) is 1. The molecule has 17 heavy (non-hydrogen) atoms. The van der Waals surface area contributed by atoms with Crippen LogP contribution in [0.5, 0.6) is 0 Å². The van der Waals surface area contributed by atoms with Gasteiger partial charge in [-0.3, -0.25) is 0 Å². The quantitative estimate of drug-likeness (QED) is 0.729. The number of rotatable bonds is 4. The Bertz CT molecular complexity index is 524. The SMILES string of the molecule is Cc1nc2cc(NCC(C)CO)c(N)cc2s1. The molecule has 0 spiro atoms. The molecule has 2 rings (SSSR count). The molecule has 1 unspecified atom stereocenters. The lowest BCUT2D eigenvalue weighted by atomic mass is 10.2. The minimum absolute atomic E-state index is 0.172. The van der Waals surface area contributed by atoms with Gasteiger partial charge in [0.1, 0.15) is 0 Å². The number of benzene rings is 1. The maximum atomic E-state index is 8.98. The first-order chi connectivity index (χ1) is 8.10. The van der Waals surface area contributed by atoms with Gasteiger partial charge >= 0.3 is 0 Å². The lowest BCUT2D eigenvalue weighted by Crippen LogP contribution is -2.15. The highest BCUT2D eigenvalue weighted by Crippen LogP contribution is 2.29. The molecule has 0 saturated heterocycles. The van der Waals surface area contributed by atoms with Gasteiger partial charge in [-0.15, -0.1) is 11.3 Å². The van der Waals surface area contributed by atoms with Gasteiger partial charge in [0, 0.05) is 13.2 Å². The van der Waals surface area contributed by atoms with Gasteiger partial charge in [0.15, 0.2) is 0 Å². The second-order valence-corrected chi connectivity index (χ2v) is 5.54. The minimum atomic E-state index is 0.172. The van der Waals surface area contributed by atoms with E-state index in [1.807, 2.05) is 26.0 Å². The molecular weight excluding hydrogens is 234 g/mol. The largest absolute Gasteiger partial charge is 0.397 e. The zero-order valence-corrected chi connectivity index (χ0v) is 10.8. The molecule has 2 aromatic rings. The van der Waals surface area contributed by atoms with E-state index in [9.17, 15) is 0 Å². The summed E-state index contributed by atoms with van der Waals surface area (Å²) in [6, 6.07) is 3.92. The first kappa shape index (κ1) is 12.1. The summed E-state index contributed by atoms with van der Waals surface area (Å²) in [4.78, 5) is 4.44. The van der Waals surface area contributed by atoms with Crippen LogP contribution < -0.4 is 11.1 Å². The van der Waals surface area contributed by atoms with Crippen molar-refractivity contribution in [2.75, 3.05) is 24.2 Å². The molecule has 5 heteroatoms. The molecule has 0 radical (unpaired) electrons. The van der Waals surface area contributed by atoms with Crippen LogP contribution in [0.2, 0.25) is 0 Å². The van der Waals surface area contributed by atoms with E-state index in [1.54, 1.807) is 11.3 Å². The summed E-state index contributed by atoms with van der Waals surface area (Å²) in [6.45, 7) is 4.84. The molecule has 0 bridgehead atoms. The third-order valence-electron chi connectivity index (χ3n) is 2.62. The van der Waals surface area contributed by atoms with Crippen LogP contribution in [0.25, 0.3) is 10.2 Å². The molecule has 1 aromatic heterocycles. The molecule has 92 valence electrons. The van der Waals surface area contributed by atoms with E-state index in [1.165, 1.54) is 0 Å². The highest BCUT2D eigenvalue weighted by atomic mass is 32.1. The average molecular weight is 251 g/mol. The fourth-order valence-electron chi connectivity index (χ4n) is 1.61. The summed E-state index contributed by atoms with van der Waals surface area (Å²) in [5.74, 6) is 0.210. The fourth-order valence-corrected chi connectivity index (χ4v) is 2.46. The minimum Gasteiger partial charge on any atom is -0.397 e. The Morgan fingerprint density at radius 1 is 1.53 bits per heavy atom. The van der Waals surface area contributed by atoms with Crippen LogP contribution in [-0.4, -0.2) is 23.2 Å². The number of aryl methyl sites for hydroxylation is 1. The third kappa shape index (κ3) is 2.68. The Labute approximate surface area is 104 Å². The fraction of sp³-hybridized carbons (Fsp3) is 0.417. The molecule has 1 heterocycles. The van der Waals surface area contributed by atoms with Crippen molar-refractivity contribution in [3.05, 3.63) is 17.1 Å². The zero-order chi connectivity index (χ0) is 12.4. The smallest absolute Gasteiger partial charge is 0.0907 e. The van der Waals surface area contributed by atoms with Crippen molar-refractivity contribution in [2.45, 2.75) is 13.8 Å². The highest BCUT2D eigenvalue weighted by molar-refractivity contribution is 7.18. The van der Waals surface area contributed by atoms with E-state index in [2.05, 4.69) is 10.3 Å². The Morgan fingerprint density at radius 3 is 3.00 bits per heavy atom. The van der Waals surface area contributed by atoms with Crippen LogP contribution in [0.1, 0.15) is 11.9 Å². The van der Waals surface area contributed by atoms with Crippen molar-refractivity contribution in [1.82, 2.24) is 4.98 Å². The monoisotopic (exact) mass is 251 g/mol. The van der Waals surface area contributed by atoms with Gasteiger partial charge in [0.05, 0.1) is 26.6 Å². The number of thiazole rings is 1. The van der Waals surface area contributed by atoms with Crippen molar-refractivity contribution in [3.63, 3.8) is 0 Å². The van der Waals surface area contributed by atoms with E-state index in [0.29, 0.717) is 6.54 Å². The molecule has 1 atom stereocenters. The number of nitrogens with two attached hydrogens (primary N) is 1. The Hall–Kier alpha value is -1.33. The number of fused-ring (bicyclic) bond motifs is 1. The number of nitrogens with one attached hydrogen (secondary N) is 1.